The van der Waals surface area contributed by atoms with Crippen molar-refractivity contribution in [1.82, 2.24) is 0 Å². The number of ether oxygens (including phenoxy) is 2. The third-order valence-electron chi connectivity index (χ3n) is 6.82. The van der Waals surface area contributed by atoms with Gasteiger partial charge < -0.3 is 14.6 Å². The summed E-state index contributed by atoms with van der Waals surface area (Å²) in [7, 11) is 1.60. The molecule has 3 rings (SSSR count). The number of aliphatic hydroxyl groups is 1. The van der Waals surface area contributed by atoms with E-state index in [1.165, 1.54) is 5.57 Å². The van der Waals surface area contributed by atoms with Crippen molar-refractivity contribution in [3.63, 3.8) is 0 Å². The van der Waals surface area contributed by atoms with E-state index in [1.807, 2.05) is 0 Å². The summed E-state index contributed by atoms with van der Waals surface area (Å²) < 4.78 is 11.2. The number of methoxy groups -OCH3 is 1. The summed E-state index contributed by atoms with van der Waals surface area (Å²) in [6.45, 7) is 8.47. The Kier molecular flexibility index (Phi) is 5.40. The molecule has 4 heteroatoms. The lowest BCUT2D eigenvalue weighted by Gasteiger charge is -2.43. The van der Waals surface area contributed by atoms with Gasteiger partial charge in [-0.1, -0.05) is 26.3 Å². The zero-order valence-corrected chi connectivity index (χ0v) is 17.1. The van der Waals surface area contributed by atoms with Crippen LogP contribution in [0.1, 0.15) is 63.7 Å². The number of hydrogen-bond donors (Lipinski definition) is 1. The second-order valence-electron chi connectivity index (χ2n) is 8.89. The van der Waals surface area contributed by atoms with E-state index in [9.17, 15) is 9.90 Å². The maximum Gasteiger partial charge on any atom is 0.338 e. The minimum absolute atomic E-state index is 0.0296. The predicted molar refractivity (Wildman–Crippen MR) is 106 cm³/mol. The molecular weight excluding hydrogens is 340 g/mol. The molecule has 1 aromatic carbocycles. The highest BCUT2D eigenvalue weighted by molar-refractivity contribution is 5.89. The van der Waals surface area contributed by atoms with E-state index in [2.05, 4.69) is 33.8 Å². The molecule has 0 aromatic heterocycles. The van der Waals surface area contributed by atoms with Gasteiger partial charge in [0, 0.05) is 5.92 Å². The van der Waals surface area contributed by atoms with Crippen LogP contribution in [0, 0.1) is 17.3 Å². The van der Waals surface area contributed by atoms with Crippen LogP contribution in [-0.4, -0.2) is 29.9 Å². The van der Waals surface area contributed by atoms with Crippen molar-refractivity contribution in [2.45, 2.75) is 65.1 Å². The molecule has 1 saturated carbocycles. The number of allylic oxidation sites excluding steroid dienone is 1. The summed E-state index contributed by atoms with van der Waals surface area (Å²) >= 11 is 0. The number of hydrogen-bond acceptors (Lipinski definition) is 4. The van der Waals surface area contributed by atoms with Gasteiger partial charge in [0.15, 0.2) is 0 Å². The molecule has 0 saturated heterocycles. The second-order valence-corrected chi connectivity index (χ2v) is 8.89. The SMILES string of the molecule is COc1ccc(C(=O)OC2C=C(C)CCC3(C)CCC(O)(C(C)C)C23)cc1. The van der Waals surface area contributed by atoms with Crippen molar-refractivity contribution in [1.29, 1.82) is 0 Å². The molecule has 27 heavy (non-hydrogen) atoms. The highest BCUT2D eigenvalue weighted by atomic mass is 16.5. The molecule has 1 aromatic rings. The first-order valence-corrected chi connectivity index (χ1v) is 9.94. The van der Waals surface area contributed by atoms with Crippen molar-refractivity contribution < 1.29 is 19.4 Å². The predicted octanol–water partition coefficient (Wildman–Crippen LogP) is 4.76. The first-order valence-electron chi connectivity index (χ1n) is 9.94. The van der Waals surface area contributed by atoms with Gasteiger partial charge >= 0.3 is 5.97 Å². The fourth-order valence-corrected chi connectivity index (χ4v) is 4.97. The van der Waals surface area contributed by atoms with Crippen molar-refractivity contribution in [3.8, 4) is 5.75 Å². The second kappa shape index (κ2) is 7.31. The summed E-state index contributed by atoms with van der Waals surface area (Å²) in [5.74, 6) is 0.367. The van der Waals surface area contributed by atoms with Crippen molar-refractivity contribution in [2.75, 3.05) is 7.11 Å². The fourth-order valence-electron chi connectivity index (χ4n) is 4.97. The zero-order chi connectivity index (χ0) is 19.8. The third kappa shape index (κ3) is 3.64. The van der Waals surface area contributed by atoms with Crippen LogP contribution in [-0.2, 0) is 4.74 Å². The van der Waals surface area contributed by atoms with E-state index in [0.29, 0.717) is 11.3 Å². The summed E-state index contributed by atoms with van der Waals surface area (Å²) in [4.78, 5) is 12.8. The van der Waals surface area contributed by atoms with Crippen LogP contribution in [0.3, 0.4) is 0 Å². The zero-order valence-electron chi connectivity index (χ0n) is 17.1. The Morgan fingerprint density at radius 2 is 1.85 bits per heavy atom. The topological polar surface area (TPSA) is 55.8 Å². The van der Waals surface area contributed by atoms with Crippen LogP contribution in [0.4, 0.5) is 0 Å². The first kappa shape index (κ1) is 19.9. The quantitative estimate of drug-likeness (QED) is 0.611. The minimum atomic E-state index is -0.819. The van der Waals surface area contributed by atoms with Gasteiger partial charge in [-0.2, -0.15) is 0 Å². The Labute approximate surface area is 162 Å². The van der Waals surface area contributed by atoms with E-state index >= 15 is 0 Å². The number of carbonyl (C=O) groups excluding carboxylic acids is 1. The summed E-state index contributed by atoms with van der Waals surface area (Å²) in [5.41, 5.74) is 0.877. The average molecular weight is 373 g/mol. The number of rotatable bonds is 4. The Morgan fingerprint density at radius 3 is 2.44 bits per heavy atom. The smallest absolute Gasteiger partial charge is 0.338 e. The van der Waals surface area contributed by atoms with Crippen molar-refractivity contribution in [2.24, 2.45) is 17.3 Å². The molecule has 1 fully saturated rings. The van der Waals surface area contributed by atoms with E-state index < -0.39 is 11.7 Å². The number of benzene rings is 1. The van der Waals surface area contributed by atoms with Gasteiger partial charge in [0.25, 0.3) is 0 Å². The maximum atomic E-state index is 12.8. The van der Waals surface area contributed by atoms with Crippen LogP contribution < -0.4 is 4.74 Å². The Bertz CT molecular complexity index is 720. The Balaban J connectivity index is 1.92. The highest BCUT2D eigenvalue weighted by Crippen LogP contribution is 2.58. The number of fused-ring (bicyclic) bond motifs is 1. The number of carbonyl (C=O) groups is 1. The van der Waals surface area contributed by atoms with Gasteiger partial charge in [0.05, 0.1) is 18.3 Å². The molecule has 148 valence electrons. The molecule has 4 atom stereocenters. The molecule has 4 nitrogen and oxygen atoms in total. The molecular formula is C23H32O4. The minimum Gasteiger partial charge on any atom is -0.497 e. The fraction of sp³-hybridized carbons (Fsp3) is 0.609. The lowest BCUT2D eigenvalue weighted by Crippen LogP contribution is -2.49. The van der Waals surface area contributed by atoms with Crippen molar-refractivity contribution in [3.05, 3.63) is 41.5 Å². The lowest BCUT2D eigenvalue weighted by molar-refractivity contribution is -0.102. The van der Waals surface area contributed by atoms with Gasteiger partial charge in [-0.05, 0) is 74.3 Å². The normalized spacial score (nSPS) is 33.2. The standard InChI is InChI=1S/C23H32O4/c1-15(2)23(25)13-12-22(4)11-10-16(3)14-19(20(22)23)27-21(24)17-6-8-18(26-5)9-7-17/h6-9,14-15,19-20,25H,10-13H2,1-5H3. The van der Waals surface area contributed by atoms with Gasteiger partial charge in [-0.15, -0.1) is 0 Å². The Hall–Kier alpha value is -1.81. The lowest BCUT2D eigenvalue weighted by atomic mass is 9.68. The van der Waals surface area contributed by atoms with Gasteiger partial charge in [0.2, 0.25) is 0 Å². The first-order chi connectivity index (χ1) is 12.7. The molecule has 0 bridgehead atoms. The maximum absolute atomic E-state index is 12.8. The molecule has 0 radical (unpaired) electrons. The number of esters is 1. The molecule has 2 aliphatic carbocycles. The van der Waals surface area contributed by atoms with Crippen LogP contribution >= 0.6 is 0 Å². The summed E-state index contributed by atoms with van der Waals surface area (Å²) in [6.07, 6.45) is 5.38. The largest absolute Gasteiger partial charge is 0.497 e. The van der Waals surface area contributed by atoms with Crippen LogP contribution in [0.15, 0.2) is 35.9 Å². The Morgan fingerprint density at radius 1 is 1.19 bits per heavy atom. The molecule has 2 aliphatic rings. The molecule has 0 aliphatic heterocycles. The molecule has 0 spiro atoms. The molecule has 1 N–H and O–H groups in total. The van der Waals surface area contributed by atoms with Gasteiger partial charge in [0.1, 0.15) is 11.9 Å². The monoisotopic (exact) mass is 372 g/mol. The molecule has 0 heterocycles. The molecule has 4 unspecified atom stereocenters. The van der Waals surface area contributed by atoms with E-state index in [-0.39, 0.29) is 23.2 Å². The average Bonchev–Trinajstić information content (AvgIpc) is 2.85. The van der Waals surface area contributed by atoms with Crippen LogP contribution in [0.2, 0.25) is 0 Å². The van der Waals surface area contributed by atoms with Gasteiger partial charge in [-0.3, -0.25) is 0 Å². The summed E-state index contributed by atoms with van der Waals surface area (Å²) in [6, 6.07) is 6.96. The van der Waals surface area contributed by atoms with Crippen LogP contribution in [0.5, 0.6) is 5.75 Å². The van der Waals surface area contributed by atoms with Gasteiger partial charge in [-0.25, -0.2) is 4.79 Å². The van der Waals surface area contributed by atoms with E-state index in [4.69, 9.17) is 9.47 Å². The van der Waals surface area contributed by atoms with E-state index in [0.717, 1.165) is 25.7 Å². The highest BCUT2D eigenvalue weighted by Gasteiger charge is 2.59. The third-order valence-corrected chi connectivity index (χ3v) is 6.82. The summed E-state index contributed by atoms with van der Waals surface area (Å²) in [5, 5.41) is 11.5. The van der Waals surface area contributed by atoms with Crippen LogP contribution in [0.25, 0.3) is 0 Å². The van der Waals surface area contributed by atoms with E-state index in [1.54, 1.807) is 31.4 Å². The molecule has 0 amide bonds. The van der Waals surface area contributed by atoms with Crippen molar-refractivity contribution >= 4 is 5.97 Å².